The van der Waals surface area contributed by atoms with Crippen molar-refractivity contribution in [2.24, 2.45) is 0 Å². The van der Waals surface area contributed by atoms with Crippen LogP contribution in [0, 0.1) is 0 Å². The van der Waals surface area contributed by atoms with Gasteiger partial charge < -0.3 is 14.2 Å². The van der Waals surface area contributed by atoms with E-state index in [0.717, 1.165) is 83.5 Å². The molecule has 6 heteroatoms. The van der Waals surface area contributed by atoms with Crippen LogP contribution in [0.5, 0.6) is 0 Å². The molecule has 61 heavy (non-hydrogen) atoms. The average Bonchev–Trinajstić information content (AvgIpc) is 3.26. The molecular weight excluding hydrogens is 757 g/mol. The van der Waals surface area contributed by atoms with Gasteiger partial charge in [-0.3, -0.25) is 14.4 Å². The van der Waals surface area contributed by atoms with Gasteiger partial charge in [-0.15, -0.1) is 0 Å². The molecule has 0 aromatic rings. The standard InChI is InChI=1S/C55H94O6/c1-4-7-10-13-16-19-22-24-26-27-29-31-34-36-39-42-45-48-54(57)60-51-52(61-55(58)49-46-43-40-37-32-21-18-15-12-9-6-3)50-59-53(56)47-44-41-38-35-33-30-28-25-23-20-17-14-11-8-5-2/h7,10,16,19,24-26,28-29,31,36,39,52H,4-6,8-9,11-15,17-18,20-23,27,30,32-35,37-38,40-51H2,1-3H3/b10-7-,19-16-,26-24-,28-25-,31-29-,39-36-/t52-/m0/s1. The Labute approximate surface area is 376 Å². The maximum Gasteiger partial charge on any atom is 0.306 e. The largest absolute Gasteiger partial charge is 0.462 e. The number of carbonyl (C=O) groups is 3. The number of esters is 3. The minimum Gasteiger partial charge on any atom is -0.462 e. The third-order valence-electron chi connectivity index (χ3n) is 10.7. The van der Waals surface area contributed by atoms with Crippen molar-refractivity contribution >= 4 is 17.9 Å². The van der Waals surface area contributed by atoms with Crippen LogP contribution in [0.25, 0.3) is 0 Å². The van der Waals surface area contributed by atoms with Gasteiger partial charge >= 0.3 is 17.9 Å². The zero-order chi connectivity index (χ0) is 44.4. The van der Waals surface area contributed by atoms with E-state index >= 15 is 0 Å². The van der Waals surface area contributed by atoms with Crippen molar-refractivity contribution in [3.8, 4) is 0 Å². The molecule has 0 rings (SSSR count). The number of ether oxygens (including phenoxy) is 3. The first-order valence-electron chi connectivity index (χ1n) is 25.4. The summed E-state index contributed by atoms with van der Waals surface area (Å²) in [7, 11) is 0. The van der Waals surface area contributed by atoms with Crippen molar-refractivity contribution in [1.29, 1.82) is 0 Å². The van der Waals surface area contributed by atoms with E-state index in [2.05, 4.69) is 93.7 Å². The number of rotatable bonds is 45. The van der Waals surface area contributed by atoms with Crippen LogP contribution in [-0.4, -0.2) is 37.2 Å². The van der Waals surface area contributed by atoms with Crippen LogP contribution in [0.4, 0.5) is 0 Å². The van der Waals surface area contributed by atoms with Gasteiger partial charge in [-0.05, 0) is 83.5 Å². The van der Waals surface area contributed by atoms with E-state index in [-0.39, 0.29) is 37.5 Å². The summed E-state index contributed by atoms with van der Waals surface area (Å²) >= 11 is 0. The summed E-state index contributed by atoms with van der Waals surface area (Å²) in [6.07, 6.45) is 61.7. The first kappa shape index (κ1) is 57.9. The monoisotopic (exact) mass is 851 g/mol. The molecule has 0 aliphatic carbocycles. The first-order valence-corrected chi connectivity index (χ1v) is 25.4. The molecule has 0 N–H and O–H groups in total. The Balaban J connectivity index is 4.45. The summed E-state index contributed by atoms with van der Waals surface area (Å²) in [5.74, 6) is -0.963. The van der Waals surface area contributed by atoms with E-state index in [0.29, 0.717) is 19.3 Å². The Hall–Kier alpha value is -3.15. The van der Waals surface area contributed by atoms with Crippen LogP contribution in [-0.2, 0) is 28.6 Å². The summed E-state index contributed by atoms with van der Waals surface area (Å²) in [4.78, 5) is 37.9. The zero-order valence-electron chi connectivity index (χ0n) is 39.9. The molecular formula is C55H94O6. The number of hydrogen-bond donors (Lipinski definition) is 0. The fraction of sp³-hybridized carbons (Fsp3) is 0.727. The molecule has 6 nitrogen and oxygen atoms in total. The SMILES string of the molecule is CC/C=C\C/C=C\C/C=C\C/C=C\C/C=C\CCCC(=O)OC[C@H](COC(=O)CCCCCCC/C=C\CCCCCCCC)OC(=O)CCCCCCCCCCCCC. The van der Waals surface area contributed by atoms with E-state index in [1.165, 1.54) is 109 Å². The molecule has 0 aromatic heterocycles. The Bertz CT molecular complexity index is 1160. The quantitative estimate of drug-likeness (QED) is 0.0263. The number of unbranched alkanes of at least 4 members (excludes halogenated alkanes) is 22. The fourth-order valence-corrected chi connectivity index (χ4v) is 6.88. The molecule has 0 saturated heterocycles. The predicted octanol–water partition coefficient (Wildman–Crippen LogP) is 16.6. The Morgan fingerprint density at radius 1 is 0.344 bits per heavy atom. The van der Waals surface area contributed by atoms with E-state index in [1.807, 2.05) is 0 Å². The second kappa shape index (κ2) is 49.5. The Kier molecular flexibility index (Phi) is 46.9. The minimum absolute atomic E-state index is 0.0960. The van der Waals surface area contributed by atoms with Crippen molar-refractivity contribution in [3.05, 3.63) is 72.9 Å². The summed E-state index contributed by atoms with van der Waals surface area (Å²) in [6, 6.07) is 0. The number of allylic oxidation sites excluding steroid dienone is 12. The van der Waals surface area contributed by atoms with E-state index in [9.17, 15) is 14.4 Å². The summed E-state index contributed by atoms with van der Waals surface area (Å²) in [5.41, 5.74) is 0. The van der Waals surface area contributed by atoms with Crippen molar-refractivity contribution in [2.45, 2.75) is 245 Å². The highest BCUT2D eigenvalue weighted by molar-refractivity contribution is 5.71. The summed E-state index contributed by atoms with van der Waals surface area (Å²) in [6.45, 7) is 6.45. The lowest BCUT2D eigenvalue weighted by atomic mass is 10.1. The van der Waals surface area contributed by atoms with Gasteiger partial charge in [0.15, 0.2) is 6.10 Å². The normalized spacial score (nSPS) is 12.6. The minimum atomic E-state index is -0.798. The van der Waals surface area contributed by atoms with Crippen LogP contribution in [0.2, 0.25) is 0 Å². The zero-order valence-corrected chi connectivity index (χ0v) is 39.9. The average molecular weight is 851 g/mol. The van der Waals surface area contributed by atoms with Gasteiger partial charge in [0.25, 0.3) is 0 Å². The summed E-state index contributed by atoms with van der Waals surface area (Å²) in [5, 5.41) is 0. The topological polar surface area (TPSA) is 78.9 Å². The maximum absolute atomic E-state index is 12.8. The molecule has 0 aromatic carbocycles. The first-order chi connectivity index (χ1) is 30.0. The summed E-state index contributed by atoms with van der Waals surface area (Å²) < 4.78 is 16.7. The lowest BCUT2D eigenvalue weighted by molar-refractivity contribution is -0.167. The van der Waals surface area contributed by atoms with Gasteiger partial charge in [-0.25, -0.2) is 0 Å². The second-order valence-electron chi connectivity index (χ2n) is 16.7. The van der Waals surface area contributed by atoms with E-state index in [1.54, 1.807) is 0 Å². The number of hydrogen-bond acceptors (Lipinski definition) is 6. The molecule has 0 radical (unpaired) electrons. The highest BCUT2D eigenvalue weighted by atomic mass is 16.6. The molecule has 350 valence electrons. The second-order valence-corrected chi connectivity index (χ2v) is 16.7. The molecule has 0 aliphatic heterocycles. The van der Waals surface area contributed by atoms with E-state index in [4.69, 9.17) is 14.2 Å². The molecule has 0 bridgehead atoms. The fourth-order valence-electron chi connectivity index (χ4n) is 6.88. The van der Waals surface area contributed by atoms with Gasteiger partial charge in [0, 0.05) is 19.3 Å². The van der Waals surface area contributed by atoms with Crippen molar-refractivity contribution in [3.63, 3.8) is 0 Å². The molecule has 0 spiro atoms. The molecule has 0 heterocycles. The van der Waals surface area contributed by atoms with Crippen LogP contribution in [0.3, 0.4) is 0 Å². The molecule has 0 unspecified atom stereocenters. The van der Waals surface area contributed by atoms with Gasteiger partial charge in [0.2, 0.25) is 0 Å². The molecule has 0 aliphatic rings. The van der Waals surface area contributed by atoms with Crippen LogP contribution >= 0.6 is 0 Å². The third kappa shape index (κ3) is 47.7. The van der Waals surface area contributed by atoms with E-state index < -0.39 is 6.10 Å². The smallest absolute Gasteiger partial charge is 0.306 e. The number of carbonyl (C=O) groups excluding carboxylic acids is 3. The maximum atomic E-state index is 12.8. The molecule has 0 amide bonds. The lowest BCUT2D eigenvalue weighted by Crippen LogP contribution is -2.30. The van der Waals surface area contributed by atoms with Gasteiger partial charge in [-0.1, -0.05) is 209 Å². The van der Waals surface area contributed by atoms with Gasteiger partial charge in [-0.2, -0.15) is 0 Å². The predicted molar refractivity (Wildman–Crippen MR) is 261 cm³/mol. The van der Waals surface area contributed by atoms with Crippen LogP contribution in [0.1, 0.15) is 239 Å². The van der Waals surface area contributed by atoms with Crippen molar-refractivity contribution < 1.29 is 28.6 Å². The van der Waals surface area contributed by atoms with Crippen LogP contribution in [0.15, 0.2) is 72.9 Å². The molecule has 0 fully saturated rings. The molecule has 0 saturated carbocycles. The Morgan fingerprint density at radius 3 is 1.08 bits per heavy atom. The highest BCUT2D eigenvalue weighted by Gasteiger charge is 2.19. The van der Waals surface area contributed by atoms with Gasteiger partial charge in [0.1, 0.15) is 13.2 Å². The van der Waals surface area contributed by atoms with Crippen molar-refractivity contribution in [1.82, 2.24) is 0 Å². The third-order valence-corrected chi connectivity index (χ3v) is 10.7. The van der Waals surface area contributed by atoms with Crippen LogP contribution < -0.4 is 0 Å². The lowest BCUT2D eigenvalue weighted by Gasteiger charge is -2.18. The van der Waals surface area contributed by atoms with Gasteiger partial charge in [0.05, 0.1) is 0 Å². The highest BCUT2D eigenvalue weighted by Crippen LogP contribution is 2.14. The van der Waals surface area contributed by atoms with Crippen molar-refractivity contribution in [2.75, 3.05) is 13.2 Å². The Morgan fingerprint density at radius 2 is 0.656 bits per heavy atom. The molecule has 1 atom stereocenters.